The number of amides is 1. The minimum atomic E-state index is -4.79. The van der Waals surface area contributed by atoms with E-state index in [0.29, 0.717) is 30.6 Å². The first-order valence-electron chi connectivity index (χ1n) is 12.4. The van der Waals surface area contributed by atoms with Crippen LogP contribution in [0.2, 0.25) is 15.1 Å². The number of ether oxygens (including phenoxy) is 1. The van der Waals surface area contributed by atoms with Crippen LogP contribution in [0, 0.1) is 5.41 Å². The zero-order chi connectivity index (χ0) is 28.5. The molecule has 0 aromatic heterocycles. The van der Waals surface area contributed by atoms with Crippen LogP contribution in [0.3, 0.4) is 0 Å². The van der Waals surface area contributed by atoms with Crippen molar-refractivity contribution in [2.45, 2.75) is 60.8 Å². The summed E-state index contributed by atoms with van der Waals surface area (Å²) in [7, 11) is 1.26. The van der Waals surface area contributed by atoms with Crippen LogP contribution >= 0.6 is 34.8 Å². The van der Waals surface area contributed by atoms with Crippen LogP contribution in [0.4, 0.5) is 13.2 Å². The van der Waals surface area contributed by atoms with Crippen molar-refractivity contribution in [3.8, 4) is 0 Å². The lowest BCUT2D eigenvalue weighted by atomic mass is 9.68. The van der Waals surface area contributed by atoms with Gasteiger partial charge in [0.1, 0.15) is 5.25 Å². The topological polar surface area (TPSA) is 69.7 Å². The highest BCUT2D eigenvalue weighted by Crippen LogP contribution is 2.48. The van der Waals surface area contributed by atoms with Crippen LogP contribution in [-0.4, -0.2) is 53.0 Å². The summed E-state index contributed by atoms with van der Waals surface area (Å²) in [6, 6.07) is 8.24. The Morgan fingerprint density at radius 1 is 1.03 bits per heavy atom. The summed E-state index contributed by atoms with van der Waals surface area (Å²) in [5.74, 6) is -3.91. The lowest BCUT2D eigenvalue weighted by Gasteiger charge is -2.46. The van der Waals surface area contributed by atoms with Gasteiger partial charge in [-0.2, -0.15) is 13.2 Å². The minimum absolute atomic E-state index is 0.0352. The van der Waals surface area contributed by atoms with E-state index in [1.807, 2.05) is 0 Å². The predicted molar refractivity (Wildman–Crippen MR) is 145 cm³/mol. The molecule has 0 radical (unpaired) electrons. The molecule has 2 aromatic carbocycles. The van der Waals surface area contributed by atoms with Crippen molar-refractivity contribution in [3.05, 3.63) is 62.6 Å². The molecule has 1 saturated carbocycles. The molecule has 1 aliphatic heterocycles. The SMILES string of the molecule is COC(=O)c1ccc([S+]([O-])C2CCC3(CC2)CCN(C(=O)[C@H](c2cc(Cl)cc(Cl)c2)C(F)(F)F)CC3)cc1Cl. The molecule has 0 N–H and O–H groups in total. The maximum Gasteiger partial charge on any atom is 0.404 e. The van der Waals surface area contributed by atoms with Crippen molar-refractivity contribution in [1.29, 1.82) is 0 Å². The molecule has 0 bridgehead atoms. The van der Waals surface area contributed by atoms with Crippen molar-refractivity contribution >= 4 is 57.9 Å². The highest BCUT2D eigenvalue weighted by molar-refractivity contribution is 7.92. The molecule has 1 saturated heterocycles. The zero-order valence-corrected chi connectivity index (χ0v) is 24.1. The number of esters is 1. The number of halogens is 6. The molecule has 39 heavy (non-hydrogen) atoms. The summed E-state index contributed by atoms with van der Waals surface area (Å²) in [5.41, 5.74) is -0.167. The molecular weight excluding hydrogens is 598 g/mol. The molecule has 1 aliphatic carbocycles. The van der Waals surface area contributed by atoms with E-state index in [2.05, 4.69) is 0 Å². The predicted octanol–water partition coefficient (Wildman–Crippen LogP) is 7.44. The van der Waals surface area contributed by atoms with Crippen LogP contribution in [0.1, 0.15) is 60.4 Å². The van der Waals surface area contributed by atoms with Gasteiger partial charge in [0.05, 0.1) is 17.7 Å². The Kier molecular flexibility index (Phi) is 9.38. The maximum atomic E-state index is 14.0. The Morgan fingerprint density at radius 3 is 2.13 bits per heavy atom. The average Bonchev–Trinajstić information content (AvgIpc) is 2.87. The normalized spacial score (nSPS) is 19.5. The highest BCUT2D eigenvalue weighted by atomic mass is 35.5. The number of likely N-dealkylation sites (tertiary alicyclic amines) is 1. The summed E-state index contributed by atoms with van der Waals surface area (Å²) >= 11 is 16.7. The summed E-state index contributed by atoms with van der Waals surface area (Å²) in [5, 5.41) is 0.146. The van der Waals surface area contributed by atoms with Crippen molar-refractivity contribution in [2.75, 3.05) is 20.2 Å². The van der Waals surface area contributed by atoms with Crippen LogP contribution in [0.15, 0.2) is 41.3 Å². The van der Waals surface area contributed by atoms with E-state index in [1.165, 1.54) is 30.2 Å². The second kappa shape index (κ2) is 12.1. The fraction of sp³-hybridized carbons (Fsp3) is 0.481. The third-order valence-electron chi connectivity index (χ3n) is 7.80. The van der Waals surface area contributed by atoms with Gasteiger partial charge in [0, 0.05) is 29.2 Å². The molecule has 12 heteroatoms. The largest absolute Gasteiger partial charge is 0.611 e. The van der Waals surface area contributed by atoms with Gasteiger partial charge in [0.2, 0.25) is 5.91 Å². The van der Waals surface area contributed by atoms with E-state index >= 15 is 0 Å². The molecule has 1 unspecified atom stereocenters. The Bertz CT molecular complexity index is 1210. The second-order valence-electron chi connectivity index (χ2n) is 10.1. The molecule has 1 spiro atoms. The Hall–Kier alpha value is -1.65. The number of nitrogens with zero attached hydrogens (tertiary/aromatic N) is 1. The Balaban J connectivity index is 1.38. The number of hydrogen-bond acceptors (Lipinski definition) is 4. The first kappa shape index (κ1) is 30.3. The molecule has 2 aliphatic rings. The van der Waals surface area contributed by atoms with Crippen molar-refractivity contribution in [2.24, 2.45) is 5.41 Å². The van der Waals surface area contributed by atoms with Gasteiger partial charge >= 0.3 is 12.1 Å². The molecule has 1 amide bonds. The van der Waals surface area contributed by atoms with E-state index in [4.69, 9.17) is 39.5 Å². The fourth-order valence-electron chi connectivity index (χ4n) is 5.60. The van der Waals surface area contributed by atoms with Crippen LogP contribution in [0.5, 0.6) is 0 Å². The molecular formula is C27H27Cl3F3NO4S. The van der Waals surface area contributed by atoms with Gasteiger partial charge in [-0.25, -0.2) is 4.79 Å². The molecule has 5 nitrogen and oxygen atoms in total. The van der Waals surface area contributed by atoms with Gasteiger partial charge in [-0.05, 0) is 91.0 Å². The van der Waals surface area contributed by atoms with E-state index < -0.39 is 35.1 Å². The zero-order valence-electron chi connectivity index (χ0n) is 21.0. The molecule has 212 valence electrons. The number of hydrogen-bond donors (Lipinski definition) is 0. The van der Waals surface area contributed by atoms with Crippen LogP contribution in [-0.2, 0) is 20.7 Å². The molecule has 1 heterocycles. The molecule has 4 rings (SSSR count). The smallest absolute Gasteiger partial charge is 0.404 e. The minimum Gasteiger partial charge on any atom is -0.611 e. The first-order valence-corrected chi connectivity index (χ1v) is 14.8. The number of methoxy groups -OCH3 is 1. The lowest BCUT2D eigenvalue weighted by molar-refractivity contribution is -0.173. The standard InChI is InChI=1S/C27H27Cl3F3NO4S/c1-38-25(36)21-3-2-20(15-22(21)30)39(37)19-4-6-26(7-5-19)8-10-34(11-9-26)24(35)23(27(31,32)33)16-12-17(28)14-18(29)13-16/h2-3,12-15,19,23H,4-11H2,1H3/t23-,39?/m0/s1. The van der Waals surface area contributed by atoms with Gasteiger partial charge in [0.25, 0.3) is 0 Å². The number of rotatable bonds is 5. The number of carbonyl (C=O) groups excluding carboxylic acids is 2. The number of alkyl halides is 3. The maximum absolute atomic E-state index is 14.0. The van der Waals surface area contributed by atoms with E-state index in [9.17, 15) is 27.3 Å². The third-order valence-corrected chi connectivity index (χ3v) is 10.3. The van der Waals surface area contributed by atoms with Crippen molar-refractivity contribution < 1.29 is 32.0 Å². The summed E-state index contributed by atoms with van der Waals surface area (Å²) in [4.78, 5) is 26.7. The van der Waals surface area contributed by atoms with Crippen LogP contribution < -0.4 is 0 Å². The average molecular weight is 625 g/mol. The number of piperidine rings is 1. The Morgan fingerprint density at radius 2 is 1.62 bits per heavy atom. The van der Waals surface area contributed by atoms with E-state index in [-0.39, 0.29) is 49.9 Å². The fourth-order valence-corrected chi connectivity index (χ4v) is 7.95. The van der Waals surface area contributed by atoms with Crippen molar-refractivity contribution in [3.63, 3.8) is 0 Å². The van der Waals surface area contributed by atoms with Gasteiger partial charge in [0.15, 0.2) is 10.8 Å². The second-order valence-corrected chi connectivity index (χ2v) is 13.1. The summed E-state index contributed by atoms with van der Waals surface area (Å²) in [6.07, 6.45) is -0.720. The third kappa shape index (κ3) is 6.81. The number of carbonyl (C=O) groups is 2. The van der Waals surface area contributed by atoms with Crippen molar-refractivity contribution in [1.82, 2.24) is 4.90 Å². The van der Waals surface area contributed by atoms with Gasteiger partial charge in [-0.15, -0.1) is 0 Å². The van der Waals surface area contributed by atoms with Gasteiger partial charge in [-0.1, -0.05) is 34.8 Å². The Labute approximate surface area is 243 Å². The van der Waals surface area contributed by atoms with E-state index in [1.54, 1.807) is 6.07 Å². The number of benzene rings is 2. The summed E-state index contributed by atoms with van der Waals surface area (Å²) in [6.45, 7) is 0.441. The highest BCUT2D eigenvalue weighted by Gasteiger charge is 2.49. The lowest BCUT2D eigenvalue weighted by Crippen LogP contribution is -2.48. The quantitative estimate of drug-likeness (QED) is 0.256. The van der Waals surface area contributed by atoms with Gasteiger partial charge < -0.3 is 14.2 Å². The van der Waals surface area contributed by atoms with Gasteiger partial charge in [-0.3, -0.25) is 4.79 Å². The summed E-state index contributed by atoms with van der Waals surface area (Å²) < 4.78 is 59.9. The first-order chi connectivity index (χ1) is 18.3. The molecule has 2 fully saturated rings. The molecule has 2 atom stereocenters. The van der Waals surface area contributed by atoms with Crippen LogP contribution in [0.25, 0.3) is 0 Å². The monoisotopic (exact) mass is 623 g/mol. The van der Waals surface area contributed by atoms with E-state index in [0.717, 1.165) is 25.0 Å². The molecule has 2 aromatic rings.